The van der Waals surface area contributed by atoms with Crippen molar-refractivity contribution in [3.05, 3.63) is 65.7 Å². The molecule has 0 radical (unpaired) electrons. The highest BCUT2D eigenvalue weighted by Gasteiger charge is 2.41. The van der Waals surface area contributed by atoms with Crippen LogP contribution in [-0.2, 0) is 4.79 Å². The number of anilines is 1. The van der Waals surface area contributed by atoms with Gasteiger partial charge in [-0.15, -0.1) is 0 Å². The van der Waals surface area contributed by atoms with Crippen molar-refractivity contribution in [3.63, 3.8) is 0 Å². The van der Waals surface area contributed by atoms with Gasteiger partial charge in [-0.25, -0.2) is 4.90 Å². The molecule has 1 aliphatic rings. The summed E-state index contributed by atoms with van der Waals surface area (Å²) in [6.07, 6.45) is 0. The summed E-state index contributed by atoms with van der Waals surface area (Å²) in [5.41, 5.74) is 2.70. The quantitative estimate of drug-likeness (QED) is 0.820. The number of nitrogens with zero attached hydrogens (tertiary/aromatic N) is 1. The second kappa shape index (κ2) is 5.97. The Bertz CT molecular complexity index is 695. The largest absolute Gasteiger partial charge is 0.294 e. The summed E-state index contributed by atoms with van der Waals surface area (Å²) in [6.45, 7) is 4.23. The number of carbonyl (C=O) groups is 2. The van der Waals surface area contributed by atoms with E-state index in [4.69, 9.17) is 0 Å². The summed E-state index contributed by atoms with van der Waals surface area (Å²) >= 11 is 1.08. The third kappa shape index (κ3) is 2.66. The van der Waals surface area contributed by atoms with Crippen molar-refractivity contribution in [1.82, 2.24) is 0 Å². The number of amides is 2. The number of carbonyl (C=O) groups excluding carboxylic acids is 2. The predicted molar refractivity (Wildman–Crippen MR) is 90.2 cm³/mol. The second-order valence-corrected chi connectivity index (χ2v) is 6.65. The summed E-state index contributed by atoms with van der Waals surface area (Å²) in [6, 6.07) is 17.1. The number of thioether (sulfide) groups is 1. The molecule has 0 spiro atoms. The molecule has 0 bridgehead atoms. The Morgan fingerprint density at radius 2 is 1.59 bits per heavy atom. The van der Waals surface area contributed by atoms with Crippen molar-refractivity contribution < 1.29 is 9.59 Å². The van der Waals surface area contributed by atoms with Crippen LogP contribution in [0.4, 0.5) is 10.5 Å². The molecule has 0 saturated carbocycles. The van der Waals surface area contributed by atoms with E-state index >= 15 is 0 Å². The zero-order chi connectivity index (χ0) is 15.7. The predicted octanol–water partition coefficient (Wildman–Crippen LogP) is 4.75. The third-order valence-electron chi connectivity index (χ3n) is 3.77. The molecule has 1 fully saturated rings. The van der Waals surface area contributed by atoms with E-state index in [-0.39, 0.29) is 11.1 Å². The summed E-state index contributed by atoms with van der Waals surface area (Å²) in [7, 11) is 0. The van der Waals surface area contributed by atoms with Crippen LogP contribution in [0.3, 0.4) is 0 Å². The molecule has 4 heteroatoms. The molecular formula is C18H17NO2S. The average molecular weight is 311 g/mol. The Hall–Kier alpha value is -2.07. The van der Waals surface area contributed by atoms with Crippen molar-refractivity contribution in [1.29, 1.82) is 0 Å². The van der Waals surface area contributed by atoms with E-state index in [2.05, 4.69) is 13.8 Å². The van der Waals surface area contributed by atoms with Gasteiger partial charge < -0.3 is 0 Å². The van der Waals surface area contributed by atoms with Gasteiger partial charge in [-0.05, 0) is 40.9 Å². The molecule has 1 atom stereocenters. The molecule has 1 heterocycles. The lowest BCUT2D eigenvalue weighted by Gasteiger charge is -2.15. The van der Waals surface area contributed by atoms with E-state index in [9.17, 15) is 9.59 Å². The molecule has 2 aromatic carbocycles. The molecule has 2 aromatic rings. The maximum atomic E-state index is 12.6. The molecule has 112 valence electrons. The second-order valence-electron chi connectivity index (χ2n) is 5.59. The number of imide groups is 1. The Morgan fingerprint density at radius 3 is 2.18 bits per heavy atom. The number of rotatable bonds is 3. The standard InChI is InChI=1S/C18H17NO2S/c1-12(2)13-8-10-15(11-9-13)19-17(20)16(22-18(19)21)14-6-4-3-5-7-14/h3-12,16H,1-2H3/t16-/m1/s1. The summed E-state index contributed by atoms with van der Waals surface area (Å²) in [5, 5.41) is -0.658. The van der Waals surface area contributed by atoms with Crippen molar-refractivity contribution in [2.45, 2.75) is 25.0 Å². The fourth-order valence-corrected chi connectivity index (χ4v) is 3.49. The van der Waals surface area contributed by atoms with Crippen molar-refractivity contribution >= 4 is 28.6 Å². The van der Waals surface area contributed by atoms with Crippen LogP contribution in [-0.4, -0.2) is 11.1 Å². The summed E-state index contributed by atoms with van der Waals surface area (Å²) in [5.74, 6) is 0.254. The zero-order valence-electron chi connectivity index (χ0n) is 12.5. The lowest BCUT2D eigenvalue weighted by Crippen LogP contribution is -2.29. The van der Waals surface area contributed by atoms with Crippen LogP contribution in [0, 0.1) is 0 Å². The molecule has 2 amide bonds. The Morgan fingerprint density at radius 1 is 0.955 bits per heavy atom. The lowest BCUT2D eigenvalue weighted by molar-refractivity contribution is -0.117. The first kappa shape index (κ1) is 14.9. The minimum atomic E-state index is -0.446. The van der Waals surface area contributed by atoms with Gasteiger partial charge in [0.2, 0.25) is 0 Å². The molecule has 0 N–H and O–H groups in total. The van der Waals surface area contributed by atoms with Gasteiger partial charge in [0.15, 0.2) is 0 Å². The van der Waals surface area contributed by atoms with Gasteiger partial charge in [-0.3, -0.25) is 9.59 Å². The van der Waals surface area contributed by atoms with Crippen molar-refractivity contribution in [3.8, 4) is 0 Å². The lowest BCUT2D eigenvalue weighted by atomic mass is 10.0. The van der Waals surface area contributed by atoms with Crippen molar-refractivity contribution in [2.75, 3.05) is 4.90 Å². The van der Waals surface area contributed by atoms with Crippen LogP contribution in [0.5, 0.6) is 0 Å². The first-order valence-corrected chi connectivity index (χ1v) is 8.15. The van der Waals surface area contributed by atoms with E-state index < -0.39 is 5.25 Å². The normalized spacial score (nSPS) is 18.3. The van der Waals surface area contributed by atoms with Gasteiger partial charge in [0, 0.05) is 0 Å². The molecule has 22 heavy (non-hydrogen) atoms. The van der Waals surface area contributed by atoms with E-state index in [0.29, 0.717) is 11.6 Å². The van der Waals surface area contributed by atoms with Crippen LogP contribution in [0.1, 0.15) is 36.1 Å². The minimum Gasteiger partial charge on any atom is -0.272 e. The van der Waals surface area contributed by atoms with E-state index in [1.165, 1.54) is 10.5 Å². The third-order valence-corrected chi connectivity index (χ3v) is 4.86. The summed E-state index contributed by atoms with van der Waals surface area (Å²) < 4.78 is 0. The summed E-state index contributed by atoms with van der Waals surface area (Å²) in [4.78, 5) is 26.2. The SMILES string of the molecule is CC(C)c1ccc(N2C(=O)S[C@H](c3ccccc3)C2=O)cc1. The zero-order valence-corrected chi connectivity index (χ0v) is 13.3. The fraction of sp³-hybridized carbons (Fsp3) is 0.222. The van der Waals surface area contributed by atoms with Gasteiger partial charge in [0.25, 0.3) is 11.1 Å². The number of benzene rings is 2. The monoisotopic (exact) mass is 311 g/mol. The highest BCUT2D eigenvalue weighted by molar-refractivity contribution is 8.15. The Kier molecular flexibility index (Phi) is 4.03. The van der Waals surface area contributed by atoms with Crippen molar-refractivity contribution in [2.24, 2.45) is 0 Å². The maximum absolute atomic E-state index is 12.6. The van der Waals surface area contributed by atoms with E-state index in [0.717, 1.165) is 17.3 Å². The van der Waals surface area contributed by atoms with E-state index in [1.807, 2.05) is 54.6 Å². The highest BCUT2D eigenvalue weighted by Crippen LogP contribution is 2.41. The van der Waals surface area contributed by atoms with Crippen LogP contribution >= 0.6 is 11.8 Å². The fourth-order valence-electron chi connectivity index (χ4n) is 2.49. The Balaban J connectivity index is 1.88. The van der Waals surface area contributed by atoms with Crippen LogP contribution in [0.2, 0.25) is 0 Å². The molecule has 3 nitrogen and oxygen atoms in total. The van der Waals surface area contributed by atoms with Crippen LogP contribution < -0.4 is 4.90 Å². The van der Waals surface area contributed by atoms with Gasteiger partial charge in [0.05, 0.1) is 5.69 Å². The molecule has 0 unspecified atom stereocenters. The maximum Gasteiger partial charge on any atom is 0.294 e. The first-order valence-electron chi connectivity index (χ1n) is 7.27. The smallest absolute Gasteiger partial charge is 0.272 e. The average Bonchev–Trinajstić information content (AvgIpc) is 2.83. The molecule has 0 aliphatic carbocycles. The Labute approximate surface area is 134 Å². The molecule has 0 aromatic heterocycles. The van der Waals surface area contributed by atoms with Gasteiger partial charge in [-0.2, -0.15) is 0 Å². The number of hydrogen-bond acceptors (Lipinski definition) is 3. The molecule has 1 saturated heterocycles. The first-order chi connectivity index (χ1) is 10.6. The topological polar surface area (TPSA) is 37.4 Å². The molecule has 3 rings (SSSR count). The molecular weight excluding hydrogens is 294 g/mol. The van der Waals surface area contributed by atoms with Gasteiger partial charge in [0.1, 0.15) is 5.25 Å². The highest BCUT2D eigenvalue weighted by atomic mass is 32.2. The van der Waals surface area contributed by atoms with E-state index in [1.54, 1.807) is 0 Å². The van der Waals surface area contributed by atoms with Crippen LogP contribution in [0.25, 0.3) is 0 Å². The van der Waals surface area contributed by atoms with Gasteiger partial charge >= 0.3 is 0 Å². The van der Waals surface area contributed by atoms with Gasteiger partial charge in [-0.1, -0.05) is 56.3 Å². The van der Waals surface area contributed by atoms with Crippen LogP contribution in [0.15, 0.2) is 54.6 Å². The number of hydrogen-bond donors (Lipinski definition) is 0. The molecule has 1 aliphatic heterocycles. The minimum absolute atomic E-state index is 0.168.